The topological polar surface area (TPSA) is 42.0 Å². The molecule has 1 aromatic carbocycles. The van der Waals surface area contributed by atoms with Gasteiger partial charge in [-0.25, -0.2) is 4.89 Å². The molecule has 1 atom stereocenters. The molecule has 0 radical (unpaired) electrons. The molecule has 1 saturated heterocycles. The Balaban J connectivity index is 0.000000234. The van der Waals surface area contributed by atoms with E-state index >= 15 is 0 Å². The highest BCUT2D eigenvalue weighted by Gasteiger charge is 2.20. The molecule has 1 heterocycles. The first-order valence-corrected chi connectivity index (χ1v) is 5.06. The van der Waals surface area contributed by atoms with E-state index in [2.05, 4.69) is 11.8 Å². The van der Waals surface area contributed by atoms with Crippen LogP contribution in [0.4, 0.5) is 0 Å². The van der Waals surface area contributed by atoms with Gasteiger partial charge in [-0.2, -0.15) is 0 Å². The zero-order chi connectivity index (χ0) is 11.3. The fraction of sp³-hybridized carbons (Fsp3) is 0.500. The van der Waals surface area contributed by atoms with Crippen LogP contribution in [-0.4, -0.2) is 18.0 Å². The maximum Gasteiger partial charge on any atom is 0.123 e. The summed E-state index contributed by atoms with van der Waals surface area (Å²) in [6.07, 6.45) is 0.583. The van der Waals surface area contributed by atoms with Crippen molar-refractivity contribution in [2.75, 3.05) is 6.61 Å². The van der Waals surface area contributed by atoms with Crippen molar-refractivity contribution in [1.29, 1.82) is 0 Å². The Labute approximate surface area is 90.6 Å². The van der Waals surface area contributed by atoms with Crippen molar-refractivity contribution in [3.8, 4) is 0 Å². The lowest BCUT2D eigenvalue weighted by atomic mass is 9.99. The van der Waals surface area contributed by atoms with Crippen LogP contribution in [-0.2, 0) is 15.2 Å². The number of ether oxygens (including phenoxy) is 1. The van der Waals surface area contributed by atoms with Crippen LogP contribution in [0.3, 0.4) is 0 Å². The Kier molecular flexibility index (Phi) is 4.27. The van der Waals surface area contributed by atoms with Gasteiger partial charge in [0.25, 0.3) is 0 Å². The molecule has 2 rings (SSSR count). The standard InChI is InChI=1S/C9H12O2.C3H6O/c1-9(2,11-10)8-6-4-3-5-7-8;1-3-2-4-3/h3-7,10H,1-2H3;3H,2H2,1H3. The van der Waals surface area contributed by atoms with Crippen molar-refractivity contribution in [3.63, 3.8) is 0 Å². The van der Waals surface area contributed by atoms with E-state index in [-0.39, 0.29) is 0 Å². The summed E-state index contributed by atoms with van der Waals surface area (Å²) in [4.78, 5) is 4.32. The third-order valence-electron chi connectivity index (χ3n) is 2.20. The molecule has 84 valence electrons. The third kappa shape index (κ3) is 4.42. The summed E-state index contributed by atoms with van der Waals surface area (Å²) in [5.74, 6) is 0. The molecule has 3 heteroatoms. The summed E-state index contributed by atoms with van der Waals surface area (Å²) in [6, 6.07) is 9.58. The van der Waals surface area contributed by atoms with Gasteiger partial charge in [0.2, 0.25) is 0 Å². The predicted octanol–water partition coefficient (Wildman–Crippen LogP) is 2.82. The SMILES string of the molecule is CC(C)(OO)c1ccccc1.CC1CO1. The Morgan fingerprint density at radius 1 is 1.33 bits per heavy atom. The van der Waals surface area contributed by atoms with Crippen molar-refractivity contribution in [1.82, 2.24) is 0 Å². The smallest absolute Gasteiger partial charge is 0.123 e. The summed E-state index contributed by atoms with van der Waals surface area (Å²) >= 11 is 0. The van der Waals surface area contributed by atoms with E-state index in [0.717, 1.165) is 12.2 Å². The minimum Gasteiger partial charge on any atom is -0.373 e. The predicted molar refractivity (Wildman–Crippen MR) is 58.6 cm³/mol. The van der Waals surface area contributed by atoms with E-state index < -0.39 is 5.60 Å². The molecule has 0 bridgehead atoms. The van der Waals surface area contributed by atoms with E-state index in [1.165, 1.54) is 0 Å². The maximum atomic E-state index is 8.55. The summed E-state index contributed by atoms with van der Waals surface area (Å²) in [5.41, 5.74) is 0.351. The molecule has 1 aromatic rings. The molecule has 0 saturated carbocycles. The monoisotopic (exact) mass is 210 g/mol. The summed E-state index contributed by atoms with van der Waals surface area (Å²) in [6.45, 7) is 6.66. The van der Waals surface area contributed by atoms with Crippen LogP contribution in [0, 0.1) is 0 Å². The average Bonchev–Trinajstić information content (AvgIpc) is 3.03. The average molecular weight is 210 g/mol. The number of epoxide rings is 1. The number of hydrogen-bond acceptors (Lipinski definition) is 3. The zero-order valence-electron chi connectivity index (χ0n) is 9.43. The minimum atomic E-state index is -0.610. The van der Waals surface area contributed by atoms with E-state index in [4.69, 9.17) is 9.99 Å². The quantitative estimate of drug-likeness (QED) is 0.463. The first kappa shape index (κ1) is 12.2. The van der Waals surface area contributed by atoms with Crippen LogP contribution < -0.4 is 0 Å². The first-order valence-electron chi connectivity index (χ1n) is 5.06. The molecule has 0 spiro atoms. The third-order valence-corrected chi connectivity index (χ3v) is 2.20. The molecule has 1 aliphatic heterocycles. The molecule has 1 unspecified atom stereocenters. The van der Waals surface area contributed by atoms with E-state index in [9.17, 15) is 0 Å². The van der Waals surface area contributed by atoms with Crippen LogP contribution >= 0.6 is 0 Å². The first-order chi connectivity index (χ1) is 7.06. The molecule has 1 fully saturated rings. The molecule has 0 amide bonds. The molecule has 15 heavy (non-hydrogen) atoms. The Hall–Kier alpha value is -0.900. The van der Waals surface area contributed by atoms with Gasteiger partial charge in [0.15, 0.2) is 0 Å². The molecular weight excluding hydrogens is 192 g/mol. The minimum absolute atomic E-state index is 0.583. The second-order valence-corrected chi connectivity index (χ2v) is 4.11. The van der Waals surface area contributed by atoms with E-state index in [1.807, 2.05) is 44.2 Å². The van der Waals surface area contributed by atoms with Crippen LogP contribution in [0.5, 0.6) is 0 Å². The molecule has 1 aliphatic rings. The van der Waals surface area contributed by atoms with E-state index in [0.29, 0.717) is 6.10 Å². The fourth-order valence-corrected chi connectivity index (χ4v) is 0.988. The lowest BCUT2D eigenvalue weighted by molar-refractivity contribution is -0.318. The zero-order valence-corrected chi connectivity index (χ0v) is 9.43. The van der Waals surface area contributed by atoms with Gasteiger partial charge < -0.3 is 4.74 Å². The Morgan fingerprint density at radius 3 is 2.13 bits per heavy atom. The van der Waals surface area contributed by atoms with Gasteiger partial charge >= 0.3 is 0 Å². The highest BCUT2D eigenvalue weighted by atomic mass is 17.1. The highest BCUT2D eigenvalue weighted by Crippen LogP contribution is 2.22. The van der Waals surface area contributed by atoms with Crippen molar-refractivity contribution < 1.29 is 14.9 Å². The summed E-state index contributed by atoms with van der Waals surface area (Å²) in [5, 5.41) is 8.55. The maximum absolute atomic E-state index is 8.55. The lowest BCUT2D eigenvalue weighted by Gasteiger charge is -2.20. The van der Waals surface area contributed by atoms with Gasteiger partial charge in [0.1, 0.15) is 5.60 Å². The second-order valence-electron chi connectivity index (χ2n) is 4.11. The summed E-state index contributed by atoms with van der Waals surface area (Å²) in [7, 11) is 0. The van der Waals surface area contributed by atoms with Crippen LogP contribution in [0.1, 0.15) is 26.3 Å². The van der Waals surface area contributed by atoms with Gasteiger partial charge in [-0.3, -0.25) is 5.26 Å². The fourth-order valence-electron chi connectivity index (χ4n) is 0.988. The molecular formula is C12H18O3. The summed E-state index contributed by atoms with van der Waals surface area (Å²) < 4.78 is 4.71. The van der Waals surface area contributed by atoms with Crippen LogP contribution in [0.25, 0.3) is 0 Å². The van der Waals surface area contributed by atoms with Gasteiger partial charge in [-0.15, -0.1) is 0 Å². The molecule has 0 aliphatic carbocycles. The van der Waals surface area contributed by atoms with Gasteiger partial charge in [-0.05, 0) is 26.3 Å². The highest BCUT2D eigenvalue weighted by molar-refractivity contribution is 5.20. The molecule has 0 aromatic heterocycles. The second kappa shape index (κ2) is 5.26. The van der Waals surface area contributed by atoms with Gasteiger partial charge in [-0.1, -0.05) is 30.3 Å². The normalized spacial score (nSPS) is 19.1. The van der Waals surface area contributed by atoms with Crippen molar-refractivity contribution >= 4 is 0 Å². The van der Waals surface area contributed by atoms with Crippen molar-refractivity contribution in [3.05, 3.63) is 35.9 Å². The van der Waals surface area contributed by atoms with Crippen molar-refractivity contribution in [2.24, 2.45) is 0 Å². The Bertz CT molecular complexity index is 278. The van der Waals surface area contributed by atoms with Crippen LogP contribution in [0.2, 0.25) is 0 Å². The van der Waals surface area contributed by atoms with Crippen molar-refractivity contribution in [2.45, 2.75) is 32.5 Å². The molecule has 1 N–H and O–H groups in total. The molecule has 3 nitrogen and oxygen atoms in total. The number of hydrogen-bond donors (Lipinski definition) is 1. The van der Waals surface area contributed by atoms with Crippen LogP contribution in [0.15, 0.2) is 30.3 Å². The number of rotatable bonds is 2. The number of benzene rings is 1. The van der Waals surface area contributed by atoms with Gasteiger partial charge in [0.05, 0.1) is 12.7 Å². The van der Waals surface area contributed by atoms with E-state index in [1.54, 1.807) is 0 Å². The largest absolute Gasteiger partial charge is 0.373 e. The Morgan fingerprint density at radius 2 is 1.80 bits per heavy atom. The van der Waals surface area contributed by atoms with Gasteiger partial charge in [0, 0.05) is 0 Å². The lowest BCUT2D eigenvalue weighted by Crippen LogP contribution is -2.19.